The van der Waals surface area contributed by atoms with E-state index in [2.05, 4.69) is 34.0 Å². The van der Waals surface area contributed by atoms with Crippen LogP contribution in [0.25, 0.3) is 15.9 Å². The quantitative estimate of drug-likeness (QED) is 0.416. The number of hydrogen-bond donors (Lipinski definition) is 0. The van der Waals surface area contributed by atoms with Gasteiger partial charge >= 0.3 is 5.82 Å². The smallest absolute Gasteiger partial charge is 0.358 e. The summed E-state index contributed by atoms with van der Waals surface area (Å²) in [5.74, 6) is 0.345. The Bertz CT molecular complexity index is 1080. The van der Waals surface area contributed by atoms with Gasteiger partial charge in [0.2, 0.25) is 0 Å². The van der Waals surface area contributed by atoms with E-state index in [0.717, 1.165) is 22.3 Å². The summed E-state index contributed by atoms with van der Waals surface area (Å²) in [4.78, 5) is 21.4. The second-order valence-corrected chi connectivity index (χ2v) is 6.54. The Labute approximate surface area is 139 Å². The number of thiophene rings is 1. The zero-order valence-corrected chi connectivity index (χ0v) is 13.8. The van der Waals surface area contributed by atoms with Gasteiger partial charge in [-0.25, -0.2) is 14.5 Å². The van der Waals surface area contributed by atoms with E-state index in [0.29, 0.717) is 5.82 Å². The fraction of sp³-hybridized carbons (Fsp3) is 0.286. The maximum absolute atomic E-state index is 10.7. The first-order chi connectivity index (χ1) is 11.6. The van der Waals surface area contributed by atoms with Crippen molar-refractivity contribution in [2.75, 3.05) is 0 Å². The lowest BCUT2D eigenvalue weighted by Gasteiger charge is -1.96. The summed E-state index contributed by atoms with van der Waals surface area (Å²) in [5, 5.41) is 20.1. The Morgan fingerprint density at radius 1 is 1.38 bits per heavy atom. The molecule has 0 aromatic carbocycles. The number of hydrogen-bond acceptors (Lipinski definition) is 7. The zero-order valence-electron chi connectivity index (χ0n) is 13.0. The van der Waals surface area contributed by atoms with E-state index in [1.807, 2.05) is 0 Å². The minimum Gasteiger partial charge on any atom is -0.358 e. The van der Waals surface area contributed by atoms with Crippen molar-refractivity contribution < 1.29 is 4.92 Å². The fourth-order valence-corrected chi connectivity index (χ4v) is 3.86. The number of rotatable bonds is 4. The van der Waals surface area contributed by atoms with E-state index in [1.54, 1.807) is 28.4 Å². The molecule has 0 radical (unpaired) electrons. The van der Waals surface area contributed by atoms with Crippen molar-refractivity contribution >= 4 is 33.0 Å². The molecule has 0 atom stereocenters. The standard InChI is InChI=1S/C14H13N7O2S/c1-3-9-8(2)24-14-12(9)13-16-10(17-20(13)7-15-14)6-19-5-4-11(18-19)21(22)23/h4-5,7H,3,6H2,1-2H3. The molecule has 0 aliphatic heterocycles. The van der Waals surface area contributed by atoms with Gasteiger partial charge in [-0.2, -0.15) is 4.68 Å². The van der Waals surface area contributed by atoms with E-state index in [9.17, 15) is 10.1 Å². The van der Waals surface area contributed by atoms with Gasteiger partial charge in [-0.15, -0.1) is 16.4 Å². The summed E-state index contributed by atoms with van der Waals surface area (Å²) in [7, 11) is 0. The number of nitro groups is 1. The minimum absolute atomic E-state index is 0.190. The highest BCUT2D eigenvalue weighted by atomic mass is 32.1. The van der Waals surface area contributed by atoms with Gasteiger partial charge in [-0.05, 0) is 23.8 Å². The lowest BCUT2D eigenvalue weighted by molar-refractivity contribution is -0.389. The van der Waals surface area contributed by atoms with Crippen LogP contribution in [-0.4, -0.2) is 34.3 Å². The Morgan fingerprint density at radius 2 is 2.21 bits per heavy atom. The Kier molecular flexibility index (Phi) is 3.27. The molecular formula is C14H13N7O2S. The third-order valence-corrected chi connectivity index (χ3v) is 4.90. The monoisotopic (exact) mass is 343 g/mol. The van der Waals surface area contributed by atoms with Gasteiger partial charge in [-0.3, -0.25) is 0 Å². The molecule has 4 aromatic heterocycles. The first-order valence-corrected chi connectivity index (χ1v) is 8.18. The van der Waals surface area contributed by atoms with Gasteiger partial charge in [0.15, 0.2) is 11.5 Å². The van der Waals surface area contributed by atoms with E-state index in [1.165, 1.54) is 21.2 Å². The van der Waals surface area contributed by atoms with Crippen molar-refractivity contribution in [2.45, 2.75) is 26.8 Å². The minimum atomic E-state index is -0.525. The molecule has 0 bridgehead atoms. The Hall–Kier alpha value is -2.88. The van der Waals surface area contributed by atoms with Gasteiger partial charge in [0.1, 0.15) is 17.7 Å². The Morgan fingerprint density at radius 3 is 2.92 bits per heavy atom. The van der Waals surface area contributed by atoms with Crippen LogP contribution in [0.4, 0.5) is 5.82 Å². The highest BCUT2D eigenvalue weighted by molar-refractivity contribution is 7.18. The van der Waals surface area contributed by atoms with Gasteiger partial charge in [0, 0.05) is 4.88 Å². The van der Waals surface area contributed by atoms with Crippen molar-refractivity contribution in [3.63, 3.8) is 0 Å². The summed E-state index contributed by atoms with van der Waals surface area (Å²) in [6, 6.07) is 1.35. The van der Waals surface area contributed by atoms with Crippen LogP contribution in [0, 0.1) is 17.0 Å². The molecule has 0 saturated carbocycles. The SMILES string of the molecule is CCc1c(C)sc2ncn3nc(Cn4ccc([N+](=O)[O-])n4)nc3c12. The van der Waals surface area contributed by atoms with Gasteiger partial charge in [-0.1, -0.05) is 6.92 Å². The topological polar surface area (TPSA) is 104 Å². The summed E-state index contributed by atoms with van der Waals surface area (Å²) in [6.07, 6.45) is 4.10. The third-order valence-electron chi connectivity index (χ3n) is 3.84. The molecule has 4 aromatic rings. The third kappa shape index (κ3) is 2.22. The molecule has 122 valence electrons. The molecule has 4 rings (SSSR count). The maximum Gasteiger partial charge on any atom is 0.389 e. The molecule has 0 aliphatic carbocycles. The van der Waals surface area contributed by atoms with Crippen LogP contribution in [-0.2, 0) is 13.0 Å². The van der Waals surface area contributed by atoms with Crippen molar-refractivity contribution in [1.82, 2.24) is 29.4 Å². The van der Waals surface area contributed by atoms with Crippen LogP contribution in [0.5, 0.6) is 0 Å². The fourth-order valence-electron chi connectivity index (χ4n) is 2.78. The summed E-state index contributed by atoms with van der Waals surface area (Å²) in [6.45, 7) is 4.46. The lowest BCUT2D eigenvalue weighted by atomic mass is 10.1. The summed E-state index contributed by atoms with van der Waals surface area (Å²) < 4.78 is 3.11. The van der Waals surface area contributed by atoms with Crippen molar-refractivity contribution in [3.8, 4) is 0 Å². The van der Waals surface area contributed by atoms with Gasteiger partial charge in [0.25, 0.3) is 0 Å². The predicted molar refractivity (Wildman–Crippen MR) is 88.3 cm³/mol. The normalized spacial score (nSPS) is 11.6. The second-order valence-electron chi connectivity index (χ2n) is 5.34. The van der Waals surface area contributed by atoms with Gasteiger partial charge < -0.3 is 10.1 Å². The predicted octanol–water partition coefficient (Wildman–Crippen LogP) is 2.36. The molecule has 0 amide bonds. The first-order valence-electron chi connectivity index (χ1n) is 7.37. The van der Waals surface area contributed by atoms with Crippen LogP contribution in [0.15, 0.2) is 18.6 Å². The molecule has 0 unspecified atom stereocenters. The second kappa shape index (κ2) is 5.34. The van der Waals surface area contributed by atoms with Crippen molar-refractivity contribution in [2.24, 2.45) is 0 Å². The van der Waals surface area contributed by atoms with E-state index >= 15 is 0 Å². The van der Waals surface area contributed by atoms with E-state index in [-0.39, 0.29) is 12.4 Å². The molecule has 9 nitrogen and oxygen atoms in total. The molecule has 4 heterocycles. The van der Waals surface area contributed by atoms with E-state index < -0.39 is 4.92 Å². The first kappa shape index (κ1) is 14.7. The summed E-state index contributed by atoms with van der Waals surface area (Å²) in [5.41, 5.74) is 2.00. The number of aromatic nitrogens is 6. The van der Waals surface area contributed by atoms with Crippen LogP contribution in [0.2, 0.25) is 0 Å². The molecule has 0 spiro atoms. The van der Waals surface area contributed by atoms with Crippen LogP contribution in [0.1, 0.15) is 23.2 Å². The molecule has 10 heteroatoms. The van der Waals surface area contributed by atoms with E-state index in [4.69, 9.17) is 0 Å². The highest BCUT2D eigenvalue weighted by Crippen LogP contribution is 2.31. The lowest BCUT2D eigenvalue weighted by Crippen LogP contribution is -2.03. The number of aryl methyl sites for hydroxylation is 2. The van der Waals surface area contributed by atoms with Gasteiger partial charge in [0.05, 0.1) is 22.7 Å². The van der Waals surface area contributed by atoms with Crippen LogP contribution < -0.4 is 0 Å². The zero-order chi connectivity index (χ0) is 16.8. The average Bonchev–Trinajstić information content (AvgIpc) is 3.22. The molecular weight excluding hydrogens is 330 g/mol. The number of nitrogens with zero attached hydrogens (tertiary/aromatic N) is 7. The highest BCUT2D eigenvalue weighted by Gasteiger charge is 2.17. The number of fused-ring (bicyclic) bond motifs is 3. The van der Waals surface area contributed by atoms with Crippen LogP contribution >= 0.6 is 11.3 Å². The van der Waals surface area contributed by atoms with Crippen molar-refractivity contribution in [3.05, 3.63) is 45.0 Å². The van der Waals surface area contributed by atoms with Crippen molar-refractivity contribution in [1.29, 1.82) is 0 Å². The molecule has 0 saturated heterocycles. The average molecular weight is 343 g/mol. The maximum atomic E-state index is 10.7. The largest absolute Gasteiger partial charge is 0.389 e. The Balaban J connectivity index is 1.79. The van der Waals surface area contributed by atoms with Crippen LogP contribution in [0.3, 0.4) is 0 Å². The molecule has 0 N–H and O–H groups in total. The molecule has 0 aliphatic rings. The summed E-state index contributed by atoms with van der Waals surface area (Å²) >= 11 is 1.65. The molecule has 24 heavy (non-hydrogen) atoms. The molecule has 0 fully saturated rings.